The van der Waals surface area contributed by atoms with E-state index in [-0.39, 0.29) is 24.0 Å². The number of nitrogens with one attached hydrogen (secondary N) is 2. The number of hydrogen-bond acceptors (Lipinski definition) is 5. The van der Waals surface area contributed by atoms with Gasteiger partial charge in [-0.1, -0.05) is 6.92 Å². The van der Waals surface area contributed by atoms with E-state index in [1.165, 1.54) is 0 Å². The Kier molecular flexibility index (Phi) is 12.7. The number of ether oxygens (including phenoxy) is 2. The predicted molar refractivity (Wildman–Crippen MR) is 114 cm³/mol. The molecule has 2 N–H and O–H groups in total. The van der Waals surface area contributed by atoms with E-state index in [4.69, 9.17) is 13.9 Å². The molecule has 0 aliphatic carbocycles. The van der Waals surface area contributed by atoms with Crippen LogP contribution in [0, 0.1) is 5.92 Å². The number of guanidine groups is 1. The van der Waals surface area contributed by atoms with Crippen molar-refractivity contribution >= 4 is 29.9 Å². The minimum atomic E-state index is 0. The molecule has 26 heavy (non-hydrogen) atoms. The molecule has 1 atom stereocenters. The van der Waals surface area contributed by atoms with Crippen LogP contribution in [0.4, 0.5) is 0 Å². The lowest BCUT2D eigenvalue weighted by Gasteiger charge is -2.29. The fraction of sp³-hybridized carbons (Fsp3) is 0.722. The van der Waals surface area contributed by atoms with Crippen LogP contribution in [-0.2, 0) is 16.1 Å². The third kappa shape index (κ3) is 9.75. The topological polar surface area (TPSA) is 71.3 Å². The van der Waals surface area contributed by atoms with E-state index in [1.807, 2.05) is 12.1 Å². The number of halogens is 1. The summed E-state index contributed by atoms with van der Waals surface area (Å²) in [6, 6.07) is 3.79. The summed E-state index contributed by atoms with van der Waals surface area (Å²) >= 11 is 0. The van der Waals surface area contributed by atoms with Gasteiger partial charge in [0.1, 0.15) is 12.4 Å². The molecule has 1 aliphatic heterocycles. The molecule has 8 heteroatoms. The maximum atomic E-state index is 5.57. The fourth-order valence-corrected chi connectivity index (χ4v) is 2.73. The van der Waals surface area contributed by atoms with E-state index >= 15 is 0 Å². The van der Waals surface area contributed by atoms with Gasteiger partial charge in [0.25, 0.3) is 0 Å². The van der Waals surface area contributed by atoms with Gasteiger partial charge < -0.3 is 24.5 Å². The Morgan fingerprint density at radius 1 is 1.35 bits per heavy atom. The van der Waals surface area contributed by atoms with E-state index in [1.54, 1.807) is 13.3 Å². The van der Waals surface area contributed by atoms with E-state index in [0.717, 1.165) is 64.1 Å². The predicted octanol–water partition coefficient (Wildman–Crippen LogP) is 1.94. The summed E-state index contributed by atoms with van der Waals surface area (Å²) in [5.41, 5.74) is 0. The minimum absolute atomic E-state index is 0. The number of nitrogens with zero attached hydrogens (tertiary/aromatic N) is 2. The van der Waals surface area contributed by atoms with Gasteiger partial charge in [0.15, 0.2) is 5.96 Å². The lowest BCUT2D eigenvalue weighted by atomic mass is 10.1. The molecule has 0 spiro atoms. The molecule has 0 radical (unpaired) electrons. The van der Waals surface area contributed by atoms with Crippen LogP contribution in [0.3, 0.4) is 0 Å². The second-order valence-electron chi connectivity index (χ2n) is 6.38. The zero-order valence-corrected chi connectivity index (χ0v) is 18.2. The van der Waals surface area contributed by atoms with Crippen molar-refractivity contribution in [2.45, 2.75) is 20.0 Å². The quantitative estimate of drug-likeness (QED) is 0.231. The average Bonchev–Trinajstić information content (AvgIpc) is 3.15. The van der Waals surface area contributed by atoms with Gasteiger partial charge in [-0.3, -0.25) is 9.89 Å². The minimum Gasteiger partial charge on any atom is -0.467 e. The Hall–Kier alpha value is -0.840. The molecule has 1 aliphatic rings. The second kappa shape index (κ2) is 14.2. The first-order chi connectivity index (χ1) is 12.3. The maximum Gasteiger partial charge on any atom is 0.190 e. The Bertz CT molecular complexity index is 479. The first-order valence-electron chi connectivity index (χ1n) is 9.12. The van der Waals surface area contributed by atoms with E-state index < -0.39 is 0 Å². The van der Waals surface area contributed by atoms with Crippen LogP contribution in [-0.4, -0.2) is 70.5 Å². The van der Waals surface area contributed by atoms with Crippen LogP contribution in [0.15, 0.2) is 27.8 Å². The second-order valence-corrected chi connectivity index (χ2v) is 6.38. The Labute approximate surface area is 173 Å². The highest BCUT2D eigenvalue weighted by atomic mass is 127. The third-order valence-corrected chi connectivity index (χ3v) is 4.10. The molecule has 0 saturated carbocycles. The lowest BCUT2D eigenvalue weighted by molar-refractivity contribution is 0.0320. The highest BCUT2D eigenvalue weighted by Crippen LogP contribution is 2.03. The molecular weight excluding hydrogens is 447 g/mol. The zero-order chi connectivity index (χ0) is 17.7. The Morgan fingerprint density at radius 2 is 2.15 bits per heavy atom. The van der Waals surface area contributed by atoms with Gasteiger partial charge in [-0.05, 0) is 24.5 Å². The maximum absolute atomic E-state index is 5.57. The SMILES string of the molecule is CN=C(NCCCOCc1ccco1)NCC(C)CN1CCOCC1.I. The van der Waals surface area contributed by atoms with Gasteiger partial charge in [-0.2, -0.15) is 0 Å². The molecule has 0 aromatic carbocycles. The molecule has 2 heterocycles. The summed E-state index contributed by atoms with van der Waals surface area (Å²) in [6.45, 7) is 10.1. The zero-order valence-electron chi connectivity index (χ0n) is 15.9. The van der Waals surface area contributed by atoms with Crippen LogP contribution < -0.4 is 10.6 Å². The summed E-state index contributed by atoms with van der Waals surface area (Å²) < 4.78 is 16.2. The monoisotopic (exact) mass is 480 g/mol. The summed E-state index contributed by atoms with van der Waals surface area (Å²) in [4.78, 5) is 6.73. The van der Waals surface area contributed by atoms with Crippen LogP contribution in [0.5, 0.6) is 0 Å². The van der Waals surface area contributed by atoms with Crippen molar-refractivity contribution in [3.05, 3.63) is 24.2 Å². The van der Waals surface area contributed by atoms with Gasteiger partial charge in [0.2, 0.25) is 0 Å². The van der Waals surface area contributed by atoms with Crippen LogP contribution >= 0.6 is 24.0 Å². The van der Waals surface area contributed by atoms with Gasteiger partial charge in [-0.15, -0.1) is 24.0 Å². The van der Waals surface area contributed by atoms with Crippen molar-refractivity contribution in [1.29, 1.82) is 0 Å². The van der Waals surface area contributed by atoms with Crippen molar-refractivity contribution in [2.75, 3.05) is 59.6 Å². The van der Waals surface area contributed by atoms with Crippen LogP contribution in [0.2, 0.25) is 0 Å². The Morgan fingerprint density at radius 3 is 2.85 bits per heavy atom. The number of rotatable bonds is 10. The first-order valence-corrected chi connectivity index (χ1v) is 9.12. The number of aliphatic imine (C=N–C) groups is 1. The molecule has 1 unspecified atom stereocenters. The average molecular weight is 480 g/mol. The van der Waals surface area contributed by atoms with Crippen LogP contribution in [0.25, 0.3) is 0 Å². The molecule has 1 saturated heterocycles. The molecule has 150 valence electrons. The van der Waals surface area contributed by atoms with Crippen molar-refractivity contribution in [3.8, 4) is 0 Å². The van der Waals surface area contributed by atoms with Crippen molar-refractivity contribution in [3.63, 3.8) is 0 Å². The normalized spacial score (nSPS) is 16.8. The molecular formula is C18H33IN4O3. The molecule has 1 aromatic rings. The highest BCUT2D eigenvalue weighted by molar-refractivity contribution is 14.0. The van der Waals surface area contributed by atoms with Crippen molar-refractivity contribution < 1.29 is 13.9 Å². The molecule has 2 rings (SSSR count). The summed E-state index contributed by atoms with van der Waals surface area (Å²) in [6.07, 6.45) is 2.58. The number of furan rings is 1. The van der Waals surface area contributed by atoms with Crippen molar-refractivity contribution in [1.82, 2.24) is 15.5 Å². The van der Waals surface area contributed by atoms with Crippen molar-refractivity contribution in [2.24, 2.45) is 10.9 Å². The molecule has 1 aromatic heterocycles. The van der Waals surface area contributed by atoms with Gasteiger partial charge in [0.05, 0.1) is 19.5 Å². The summed E-state index contributed by atoms with van der Waals surface area (Å²) in [5, 5.41) is 6.72. The smallest absolute Gasteiger partial charge is 0.190 e. The number of hydrogen-bond donors (Lipinski definition) is 2. The third-order valence-electron chi connectivity index (χ3n) is 4.10. The highest BCUT2D eigenvalue weighted by Gasteiger charge is 2.13. The van der Waals surface area contributed by atoms with Gasteiger partial charge >= 0.3 is 0 Å². The Balaban J connectivity index is 0.00000338. The molecule has 0 bridgehead atoms. The van der Waals surface area contributed by atoms with Gasteiger partial charge in [0, 0.05) is 46.4 Å². The molecule has 1 fully saturated rings. The van der Waals surface area contributed by atoms with E-state index in [2.05, 4.69) is 27.4 Å². The summed E-state index contributed by atoms with van der Waals surface area (Å²) in [7, 11) is 1.80. The largest absolute Gasteiger partial charge is 0.467 e. The summed E-state index contributed by atoms with van der Waals surface area (Å²) in [5.74, 6) is 2.27. The van der Waals surface area contributed by atoms with Crippen LogP contribution in [0.1, 0.15) is 19.1 Å². The first kappa shape index (κ1) is 23.2. The molecule has 0 amide bonds. The van der Waals surface area contributed by atoms with Gasteiger partial charge in [-0.25, -0.2) is 0 Å². The standard InChI is InChI=1S/C18H32N4O3.HI/c1-16(14-22-7-11-23-12-8-22)13-21-18(19-2)20-6-4-9-24-15-17-5-3-10-25-17;/h3,5,10,16H,4,6-9,11-15H2,1-2H3,(H2,19,20,21);1H. The van der Waals surface area contributed by atoms with E-state index in [9.17, 15) is 0 Å². The fourth-order valence-electron chi connectivity index (χ4n) is 2.73. The van der Waals surface area contributed by atoms with E-state index in [0.29, 0.717) is 19.1 Å². The number of morpholine rings is 1. The lowest BCUT2D eigenvalue weighted by Crippen LogP contribution is -2.44. The molecule has 7 nitrogen and oxygen atoms in total.